The van der Waals surface area contributed by atoms with Gasteiger partial charge >= 0.3 is 0 Å². The van der Waals surface area contributed by atoms with Gasteiger partial charge < -0.3 is 4.42 Å². The second-order valence-corrected chi connectivity index (χ2v) is 4.13. The van der Waals surface area contributed by atoms with Crippen LogP contribution in [0.15, 0.2) is 40.9 Å². The summed E-state index contributed by atoms with van der Waals surface area (Å²) in [4.78, 5) is 12.0. The van der Waals surface area contributed by atoms with Crippen LogP contribution in [0, 0.1) is 0 Å². The number of hydrogen-bond acceptors (Lipinski definition) is 4. The number of hydrogen-bond donors (Lipinski definition) is 0. The Hall–Kier alpha value is -2.43. The standard InChI is InChI=1S/C13H11N3O2/c1-16-8-10(14-15-16)7-11(17)13-6-9-4-2-3-5-12(9)18-13/h2-6,8H,7H2,1H3. The Morgan fingerprint density at radius 2 is 2.22 bits per heavy atom. The molecule has 5 heteroatoms. The molecule has 3 rings (SSSR count). The summed E-state index contributed by atoms with van der Waals surface area (Å²) in [5.41, 5.74) is 1.36. The number of benzene rings is 1. The van der Waals surface area contributed by atoms with Crippen molar-refractivity contribution in [2.45, 2.75) is 6.42 Å². The predicted molar refractivity (Wildman–Crippen MR) is 65.3 cm³/mol. The van der Waals surface area contributed by atoms with Crippen molar-refractivity contribution in [3.8, 4) is 0 Å². The summed E-state index contributed by atoms with van der Waals surface area (Å²) in [7, 11) is 1.77. The number of aryl methyl sites for hydroxylation is 1. The van der Waals surface area contributed by atoms with Crippen LogP contribution in [-0.4, -0.2) is 20.8 Å². The molecule has 1 aromatic carbocycles. The maximum absolute atomic E-state index is 12.0. The fourth-order valence-electron chi connectivity index (χ4n) is 1.85. The lowest BCUT2D eigenvalue weighted by atomic mass is 10.2. The van der Waals surface area contributed by atoms with Crippen LogP contribution < -0.4 is 0 Å². The molecule has 3 aromatic rings. The minimum absolute atomic E-state index is 0.0910. The number of aromatic nitrogens is 3. The van der Waals surface area contributed by atoms with Gasteiger partial charge in [-0.2, -0.15) is 0 Å². The van der Waals surface area contributed by atoms with Gasteiger partial charge in [0.15, 0.2) is 5.76 Å². The van der Waals surface area contributed by atoms with E-state index in [9.17, 15) is 4.79 Å². The van der Waals surface area contributed by atoms with Gasteiger partial charge in [0, 0.05) is 18.6 Å². The predicted octanol–water partition coefficient (Wildman–Crippen LogP) is 1.99. The Kier molecular flexibility index (Phi) is 2.44. The van der Waals surface area contributed by atoms with E-state index in [1.165, 1.54) is 0 Å². The van der Waals surface area contributed by atoms with E-state index >= 15 is 0 Å². The first kappa shape index (κ1) is 10.7. The third kappa shape index (κ3) is 1.90. The Bertz CT molecular complexity index is 679. The Morgan fingerprint density at radius 3 is 2.94 bits per heavy atom. The molecule has 0 N–H and O–H groups in total. The maximum atomic E-state index is 12.0. The Morgan fingerprint density at radius 1 is 1.39 bits per heavy atom. The van der Waals surface area contributed by atoms with Crippen LogP contribution in [0.2, 0.25) is 0 Å². The van der Waals surface area contributed by atoms with Crippen LogP contribution in [0.1, 0.15) is 16.2 Å². The number of fused-ring (bicyclic) bond motifs is 1. The first-order valence-electron chi connectivity index (χ1n) is 5.59. The molecular formula is C13H11N3O2. The highest BCUT2D eigenvalue weighted by atomic mass is 16.3. The molecule has 0 bridgehead atoms. The highest BCUT2D eigenvalue weighted by molar-refractivity contribution is 5.98. The topological polar surface area (TPSA) is 60.9 Å². The molecule has 0 spiro atoms. The summed E-state index contributed by atoms with van der Waals surface area (Å²) in [5.74, 6) is 0.272. The van der Waals surface area contributed by atoms with E-state index in [1.807, 2.05) is 24.3 Å². The molecule has 5 nitrogen and oxygen atoms in total. The van der Waals surface area contributed by atoms with Crippen molar-refractivity contribution in [1.29, 1.82) is 0 Å². The van der Waals surface area contributed by atoms with Crippen molar-refractivity contribution in [3.63, 3.8) is 0 Å². The number of Topliss-reactive ketones (excluding diaryl/α,β-unsaturated/α-hetero) is 1. The van der Waals surface area contributed by atoms with E-state index in [0.717, 1.165) is 11.0 Å². The zero-order chi connectivity index (χ0) is 12.5. The normalized spacial score (nSPS) is 10.9. The van der Waals surface area contributed by atoms with E-state index < -0.39 is 0 Å². The van der Waals surface area contributed by atoms with Crippen LogP contribution in [0.4, 0.5) is 0 Å². The number of furan rings is 1. The van der Waals surface area contributed by atoms with Crippen molar-refractivity contribution < 1.29 is 9.21 Å². The Balaban J connectivity index is 1.87. The van der Waals surface area contributed by atoms with Crippen LogP contribution in [0.5, 0.6) is 0 Å². The van der Waals surface area contributed by atoms with Crippen molar-refractivity contribution in [2.75, 3.05) is 0 Å². The van der Waals surface area contributed by atoms with Crippen LogP contribution >= 0.6 is 0 Å². The molecule has 0 unspecified atom stereocenters. The summed E-state index contributed by atoms with van der Waals surface area (Å²) in [6.07, 6.45) is 1.92. The number of ketones is 1. The van der Waals surface area contributed by atoms with Crippen molar-refractivity contribution in [1.82, 2.24) is 15.0 Å². The highest BCUT2D eigenvalue weighted by Crippen LogP contribution is 2.19. The lowest BCUT2D eigenvalue weighted by molar-refractivity contribution is 0.0967. The van der Waals surface area contributed by atoms with Crippen LogP contribution in [0.25, 0.3) is 11.0 Å². The van der Waals surface area contributed by atoms with Gasteiger partial charge in [0.05, 0.1) is 12.1 Å². The quantitative estimate of drug-likeness (QED) is 0.658. The minimum Gasteiger partial charge on any atom is -0.453 e. The van der Waals surface area contributed by atoms with Gasteiger partial charge in [-0.25, -0.2) is 0 Å². The number of para-hydroxylation sites is 1. The largest absolute Gasteiger partial charge is 0.453 e. The van der Waals surface area contributed by atoms with Gasteiger partial charge in [0.2, 0.25) is 5.78 Å². The van der Waals surface area contributed by atoms with Gasteiger partial charge in [-0.3, -0.25) is 9.48 Å². The molecule has 2 heterocycles. The maximum Gasteiger partial charge on any atom is 0.204 e. The molecule has 0 aliphatic carbocycles. The first-order chi connectivity index (χ1) is 8.72. The van der Waals surface area contributed by atoms with Crippen molar-refractivity contribution in [3.05, 3.63) is 48.0 Å². The third-order valence-electron chi connectivity index (χ3n) is 2.69. The SMILES string of the molecule is Cn1cc(CC(=O)c2cc3ccccc3o2)nn1. The second kappa shape index (κ2) is 4.10. The number of nitrogens with zero attached hydrogens (tertiary/aromatic N) is 3. The molecule has 0 saturated carbocycles. The summed E-state index contributed by atoms with van der Waals surface area (Å²) in [6.45, 7) is 0. The van der Waals surface area contributed by atoms with E-state index in [4.69, 9.17) is 4.42 Å². The molecule has 0 aliphatic rings. The average Bonchev–Trinajstić information content (AvgIpc) is 2.95. The van der Waals surface area contributed by atoms with Crippen LogP contribution in [-0.2, 0) is 13.5 Å². The fourth-order valence-corrected chi connectivity index (χ4v) is 1.85. The number of carbonyl (C=O) groups excluding carboxylic acids is 1. The van der Waals surface area contributed by atoms with Gasteiger partial charge in [-0.1, -0.05) is 23.4 Å². The molecule has 90 valence electrons. The van der Waals surface area contributed by atoms with Crippen LogP contribution in [0.3, 0.4) is 0 Å². The zero-order valence-corrected chi connectivity index (χ0v) is 9.83. The van der Waals surface area contributed by atoms with Gasteiger partial charge in [0.1, 0.15) is 5.58 Å². The molecule has 0 radical (unpaired) electrons. The zero-order valence-electron chi connectivity index (χ0n) is 9.83. The molecule has 0 saturated heterocycles. The summed E-state index contributed by atoms with van der Waals surface area (Å²) < 4.78 is 7.07. The van der Waals surface area contributed by atoms with Gasteiger partial charge in [-0.15, -0.1) is 5.10 Å². The van der Waals surface area contributed by atoms with E-state index in [0.29, 0.717) is 11.5 Å². The molecule has 0 amide bonds. The van der Waals surface area contributed by atoms with Crippen molar-refractivity contribution >= 4 is 16.8 Å². The second-order valence-electron chi connectivity index (χ2n) is 4.13. The van der Waals surface area contributed by atoms with E-state index in [2.05, 4.69) is 10.3 Å². The first-order valence-corrected chi connectivity index (χ1v) is 5.59. The third-order valence-corrected chi connectivity index (χ3v) is 2.69. The molecule has 18 heavy (non-hydrogen) atoms. The average molecular weight is 241 g/mol. The summed E-state index contributed by atoms with van der Waals surface area (Å²) in [5, 5.41) is 8.61. The summed E-state index contributed by atoms with van der Waals surface area (Å²) in [6, 6.07) is 9.30. The number of carbonyl (C=O) groups is 1. The molecule has 2 aromatic heterocycles. The lowest BCUT2D eigenvalue weighted by Crippen LogP contribution is -2.02. The number of rotatable bonds is 3. The summed E-state index contributed by atoms with van der Waals surface area (Å²) >= 11 is 0. The van der Waals surface area contributed by atoms with Crippen molar-refractivity contribution in [2.24, 2.45) is 7.05 Å². The molecular weight excluding hydrogens is 230 g/mol. The smallest absolute Gasteiger partial charge is 0.204 e. The molecule has 0 atom stereocenters. The van der Waals surface area contributed by atoms with E-state index in [1.54, 1.807) is 24.0 Å². The van der Waals surface area contributed by atoms with Gasteiger partial charge in [-0.05, 0) is 12.1 Å². The Labute approximate surface area is 103 Å². The molecule has 0 fully saturated rings. The van der Waals surface area contributed by atoms with E-state index in [-0.39, 0.29) is 12.2 Å². The fraction of sp³-hybridized carbons (Fsp3) is 0.154. The van der Waals surface area contributed by atoms with Gasteiger partial charge in [0.25, 0.3) is 0 Å². The molecule has 0 aliphatic heterocycles. The lowest BCUT2D eigenvalue weighted by Gasteiger charge is -1.92. The minimum atomic E-state index is -0.0910. The monoisotopic (exact) mass is 241 g/mol. The highest BCUT2D eigenvalue weighted by Gasteiger charge is 2.14.